The van der Waals surface area contributed by atoms with Crippen molar-refractivity contribution in [2.24, 2.45) is 5.92 Å². The largest absolute Gasteiger partial charge is 0.382 e. The van der Waals surface area contributed by atoms with E-state index in [4.69, 9.17) is 14.2 Å². The molecule has 21 heavy (non-hydrogen) atoms. The molecule has 5 nitrogen and oxygen atoms in total. The Balaban J connectivity index is 1.56. The average Bonchev–Trinajstić information content (AvgIpc) is 3.10. The Morgan fingerprint density at radius 1 is 1.05 bits per heavy atom. The number of ketones is 1. The second-order valence-corrected chi connectivity index (χ2v) is 5.93. The second kappa shape index (κ2) is 9.51. The van der Waals surface area contributed by atoms with Crippen molar-refractivity contribution in [1.29, 1.82) is 0 Å². The predicted molar refractivity (Wildman–Crippen MR) is 80.5 cm³/mol. The van der Waals surface area contributed by atoms with Crippen molar-refractivity contribution in [3.63, 3.8) is 0 Å². The minimum atomic E-state index is 0.296. The Labute approximate surface area is 127 Å². The summed E-state index contributed by atoms with van der Waals surface area (Å²) in [6, 6.07) is 0.474. The first kappa shape index (κ1) is 16.9. The summed E-state index contributed by atoms with van der Waals surface area (Å²) in [4.78, 5) is 14.4. The molecule has 2 atom stereocenters. The van der Waals surface area contributed by atoms with Crippen molar-refractivity contribution in [3.05, 3.63) is 0 Å². The van der Waals surface area contributed by atoms with Gasteiger partial charge >= 0.3 is 0 Å². The minimum absolute atomic E-state index is 0.296. The number of likely N-dealkylation sites (tertiary alicyclic amines) is 1. The first-order chi connectivity index (χ1) is 10.3. The van der Waals surface area contributed by atoms with Crippen LogP contribution < -0.4 is 0 Å². The third kappa shape index (κ3) is 5.33. The maximum atomic E-state index is 11.9. The van der Waals surface area contributed by atoms with Gasteiger partial charge in [-0.2, -0.15) is 0 Å². The third-order valence-electron chi connectivity index (χ3n) is 4.56. The summed E-state index contributed by atoms with van der Waals surface area (Å²) < 4.78 is 15.9. The molecule has 2 aliphatic rings. The number of carbonyl (C=O) groups excluding carboxylic acids is 1. The highest BCUT2D eigenvalue weighted by molar-refractivity contribution is 5.83. The van der Waals surface area contributed by atoms with Gasteiger partial charge in [-0.1, -0.05) is 0 Å². The summed E-state index contributed by atoms with van der Waals surface area (Å²) in [5, 5.41) is 0. The molecular formula is C16H29NO4. The predicted octanol–water partition coefficient (Wildman–Crippen LogP) is 1.50. The van der Waals surface area contributed by atoms with E-state index in [9.17, 15) is 4.79 Å². The topological polar surface area (TPSA) is 48.0 Å². The van der Waals surface area contributed by atoms with Crippen molar-refractivity contribution in [1.82, 2.24) is 4.90 Å². The van der Waals surface area contributed by atoms with Crippen LogP contribution in [-0.2, 0) is 19.0 Å². The zero-order valence-electron chi connectivity index (χ0n) is 13.2. The van der Waals surface area contributed by atoms with E-state index < -0.39 is 0 Å². The van der Waals surface area contributed by atoms with Crippen molar-refractivity contribution in [2.45, 2.75) is 38.1 Å². The molecule has 2 unspecified atom stereocenters. The number of methoxy groups -OCH3 is 1. The van der Waals surface area contributed by atoms with E-state index in [0.717, 1.165) is 39.0 Å². The molecule has 5 heteroatoms. The van der Waals surface area contributed by atoms with Crippen LogP contribution in [0.5, 0.6) is 0 Å². The van der Waals surface area contributed by atoms with Crippen LogP contribution in [0.2, 0.25) is 0 Å². The van der Waals surface area contributed by atoms with Gasteiger partial charge in [-0.05, 0) is 32.2 Å². The molecule has 0 aromatic carbocycles. The van der Waals surface area contributed by atoms with Crippen LogP contribution in [0.3, 0.4) is 0 Å². The normalized spacial score (nSPS) is 26.8. The van der Waals surface area contributed by atoms with Crippen molar-refractivity contribution >= 4 is 5.78 Å². The molecule has 2 fully saturated rings. The number of carbonyl (C=O) groups is 1. The van der Waals surface area contributed by atoms with Crippen molar-refractivity contribution in [2.75, 3.05) is 53.2 Å². The van der Waals surface area contributed by atoms with Crippen LogP contribution in [0.15, 0.2) is 0 Å². The molecule has 1 aliphatic heterocycles. The Hall–Kier alpha value is -0.490. The number of hydrogen-bond acceptors (Lipinski definition) is 5. The van der Waals surface area contributed by atoms with Gasteiger partial charge in [-0.15, -0.1) is 0 Å². The van der Waals surface area contributed by atoms with E-state index in [-0.39, 0.29) is 0 Å². The molecule has 1 aliphatic carbocycles. The van der Waals surface area contributed by atoms with Gasteiger partial charge in [-0.25, -0.2) is 0 Å². The van der Waals surface area contributed by atoms with Gasteiger partial charge in [0.25, 0.3) is 0 Å². The molecule has 0 aromatic rings. The second-order valence-electron chi connectivity index (χ2n) is 5.93. The fourth-order valence-electron chi connectivity index (χ4n) is 3.48. The van der Waals surface area contributed by atoms with Crippen LogP contribution in [0.25, 0.3) is 0 Å². The summed E-state index contributed by atoms with van der Waals surface area (Å²) in [5.74, 6) is 0.782. The lowest BCUT2D eigenvalue weighted by Gasteiger charge is -2.28. The van der Waals surface area contributed by atoms with Crippen molar-refractivity contribution < 1.29 is 19.0 Å². The first-order valence-electron chi connectivity index (χ1n) is 8.24. The third-order valence-corrected chi connectivity index (χ3v) is 4.56. The lowest BCUT2D eigenvalue weighted by molar-refractivity contribution is -0.122. The minimum Gasteiger partial charge on any atom is -0.382 e. The van der Waals surface area contributed by atoms with Crippen LogP contribution >= 0.6 is 0 Å². The quantitative estimate of drug-likeness (QED) is 0.572. The van der Waals surface area contributed by atoms with Crippen LogP contribution in [0.4, 0.5) is 0 Å². The lowest BCUT2D eigenvalue weighted by Crippen LogP contribution is -2.39. The van der Waals surface area contributed by atoms with E-state index in [1.54, 1.807) is 7.11 Å². The number of hydrogen-bond donors (Lipinski definition) is 0. The highest BCUT2D eigenvalue weighted by Crippen LogP contribution is 2.32. The summed E-state index contributed by atoms with van der Waals surface area (Å²) >= 11 is 0. The number of nitrogens with zero attached hydrogens (tertiary/aromatic N) is 1. The fraction of sp³-hybridized carbons (Fsp3) is 0.938. The van der Waals surface area contributed by atoms with Gasteiger partial charge in [0.05, 0.1) is 33.0 Å². The summed E-state index contributed by atoms with van der Waals surface area (Å²) in [5.41, 5.74) is 0. The Kier molecular flexibility index (Phi) is 7.64. The summed E-state index contributed by atoms with van der Waals surface area (Å²) in [7, 11) is 1.67. The Bertz CT molecular complexity index is 311. The van der Waals surface area contributed by atoms with E-state index in [2.05, 4.69) is 4.90 Å². The highest BCUT2D eigenvalue weighted by Gasteiger charge is 2.37. The van der Waals surface area contributed by atoms with E-state index in [0.29, 0.717) is 44.2 Å². The molecule has 0 N–H and O–H groups in total. The van der Waals surface area contributed by atoms with Crippen LogP contribution in [0.1, 0.15) is 32.1 Å². The van der Waals surface area contributed by atoms with E-state index in [1.807, 2.05) is 0 Å². The monoisotopic (exact) mass is 299 g/mol. The molecule has 0 spiro atoms. The van der Waals surface area contributed by atoms with Crippen LogP contribution in [-0.4, -0.2) is 70.0 Å². The first-order valence-corrected chi connectivity index (χ1v) is 8.24. The SMILES string of the molecule is COCCOCCOCCN1CCCC1C1CCCC1=O. The molecule has 0 amide bonds. The summed E-state index contributed by atoms with van der Waals surface area (Å²) in [6.07, 6.45) is 5.37. The molecule has 1 saturated heterocycles. The average molecular weight is 299 g/mol. The fourth-order valence-corrected chi connectivity index (χ4v) is 3.48. The van der Waals surface area contributed by atoms with Gasteiger partial charge < -0.3 is 14.2 Å². The van der Waals surface area contributed by atoms with E-state index >= 15 is 0 Å². The highest BCUT2D eigenvalue weighted by atomic mass is 16.5. The molecular weight excluding hydrogens is 270 g/mol. The van der Waals surface area contributed by atoms with Gasteiger partial charge in [0, 0.05) is 32.0 Å². The molecule has 0 aromatic heterocycles. The molecule has 0 bridgehead atoms. The van der Waals surface area contributed by atoms with Gasteiger partial charge in [0.2, 0.25) is 0 Å². The molecule has 122 valence electrons. The maximum Gasteiger partial charge on any atom is 0.137 e. The van der Waals surface area contributed by atoms with Gasteiger partial charge in [0.1, 0.15) is 5.78 Å². The molecule has 1 saturated carbocycles. The number of ether oxygens (including phenoxy) is 3. The van der Waals surface area contributed by atoms with E-state index in [1.165, 1.54) is 12.8 Å². The maximum absolute atomic E-state index is 11.9. The standard InChI is InChI=1S/C16H29NO4/c1-19-10-11-21-13-12-20-9-8-17-7-3-5-15(17)14-4-2-6-16(14)18/h14-15H,2-13H2,1H3. The number of Topliss-reactive ketones (excluding diaryl/α,β-unsaturated/α-hetero) is 1. The van der Waals surface area contributed by atoms with Gasteiger partial charge in [0.15, 0.2) is 0 Å². The van der Waals surface area contributed by atoms with Crippen molar-refractivity contribution in [3.8, 4) is 0 Å². The lowest BCUT2D eigenvalue weighted by atomic mass is 9.95. The summed E-state index contributed by atoms with van der Waals surface area (Å²) in [6.45, 7) is 5.28. The van der Waals surface area contributed by atoms with Crippen LogP contribution in [0, 0.1) is 5.92 Å². The zero-order chi connectivity index (χ0) is 14.9. The molecule has 1 heterocycles. The Morgan fingerprint density at radius 3 is 2.52 bits per heavy atom. The van der Waals surface area contributed by atoms with Gasteiger partial charge in [-0.3, -0.25) is 9.69 Å². The number of rotatable bonds is 10. The zero-order valence-corrected chi connectivity index (χ0v) is 13.2. The Morgan fingerprint density at radius 2 is 1.81 bits per heavy atom. The molecule has 2 rings (SSSR count). The smallest absolute Gasteiger partial charge is 0.137 e. The molecule has 0 radical (unpaired) electrons.